The molecule has 23 atom stereocenters. The van der Waals surface area contributed by atoms with Gasteiger partial charge in [0, 0.05) is 10.8 Å². The van der Waals surface area contributed by atoms with Gasteiger partial charge >= 0.3 is 11.9 Å². The minimum atomic E-state index is -1.78. The van der Waals surface area contributed by atoms with Gasteiger partial charge in [-0.1, -0.05) is 46.3 Å². The summed E-state index contributed by atoms with van der Waals surface area (Å²) in [5, 5.41) is 118. The number of carboxylic acid groups (broad SMARTS) is 1. The number of fused-ring (bicyclic) bond motifs is 7. The normalized spacial score (nSPS) is 54.0. The van der Waals surface area contributed by atoms with Crippen LogP contribution in [0.3, 0.4) is 0 Å². The Hall–Kier alpha value is -1.92. The summed E-state index contributed by atoms with van der Waals surface area (Å²) in [6.45, 7) is 12.8. The highest BCUT2D eigenvalue weighted by atomic mass is 16.7. The predicted molar refractivity (Wildman–Crippen MR) is 231 cm³/mol. The van der Waals surface area contributed by atoms with Crippen molar-refractivity contribution in [2.24, 2.45) is 49.7 Å². The number of ether oxygens (including phenoxy) is 6. The van der Waals surface area contributed by atoms with E-state index >= 15 is 4.79 Å². The molecule has 0 amide bonds. The number of carbonyl (C=O) groups excluding carboxylic acids is 1. The first-order chi connectivity index (χ1) is 31.2. The molecule has 0 spiro atoms. The summed E-state index contributed by atoms with van der Waals surface area (Å²) < 4.78 is 35.3. The number of aliphatic hydroxyl groups excluding tert-OH is 10. The monoisotopic (exact) mass is 956 g/mol. The Kier molecular flexibility index (Phi) is 13.6. The molecule has 382 valence electrons. The Balaban J connectivity index is 1.07. The second-order valence-corrected chi connectivity index (χ2v) is 23.3. The summed E-state index contributed by atoms with van der Waals surface area (Å²) in [5.74, 6) is -2.23. The molecular weight excluding hydrogens is 881 g/mol. The SMILES string of the molecule is C[C@@H]1O[C@H](OC(=O)[C@]23CCC(C)(C)C[C@@]2(C)C2=CC[C@@H]4[C@@]5(C)CC[C@H](O[C@@H]6O[C@H](CO)[C@@H](O)[C@H](O)[C@H]6O)[C@@](C)(C(=O)O)[C@@H]5CC[C@@]4(C)[C@]2(CO)CC3)[C@@H](O)[C@H](O)[C@H]1O[C@@H]1OC[C@@H](O)[C@H](O)[C@H]1O. The van der Waals surface area contributed by atoms with Gasteiger partial charge in [-0.3, -0.25) is 9.59 Å². The van der Waals surface area contributed by atoms with Crippen LogP contribution in [-0.4, -0.2) is 180 Å². The second-order valence-electron chi connectivity index (χ2n) is 23.3. The lowest BCUT2D eigenvalue weighted by molar-refractivity contribution is -0.341. The number of hydrogen-bond acceptors (Lipinski definition) is 18. The predicted octanol–water partition coefficient (Wildman–Crippen LogP) is 0.234. The number of esters is 1. The second kappa shape index (κ2) is 17.7. The van der Waals surface area contributed by atoms with Crippen LogP contribution in [0.5, 0.6) is 0 Å². The molecule has 19 nitrogen and oxygen atoms in total. The molecule has 4 saturated carbocycles. The molecule has 7 fully saturated rings. The summed E-state index contributed by atoms with van der Waals surface area (Å²) in [5.41, 5.74) is -4.70. The van der Waals surface area contributed by atoms with E-state index in [1.165, 1.54) is 0 Å². The molecule has 0 aromatic carbocycles. The number of rotatable bonds is 9. The molecule has 3 heterocycles. The topological polar surface area (TPSA) is 312 Å². The zero-order chi connectivity index (χ0) is 49.2. The Bertz CT molecular complexity index is 1900. The van der Waals surface area contributed by atoms with Crippen molar-refractivity contribution in [2.45, 2.75) is 205 Å². The zero-order valence-corrected chi connectivity index (χ0v) is 39.8. The Labute approximate surface area is 391 Å². The number of aliphatic carboxylic acids is 1. The van der Waals surface area contributed by atoms with Crippen LogP contribution in [0.2, 0.25) is 0 Å². The van der Waals surface area contributed by atoms with E-state index in [-0.39, 0.29) is 31.0 Å². The lowest BCUT2D eigenvalue weighted by Crippen LogP contribution is -2.70. The first-order valence-electron chi connectivity index (χ1n) is 24.3. The van der Waals surface area contributed by atoms with E-state index in [9.17, 15) is 61.0 Å². The van der Waals surface area contributed by atoms with Crippen molar-refractivity contribution in [2.75, 3.05) is 19.8 Å². The number of hydrogen-bond donors (Lipinski definition) is 11. The van der Waals surface area contributed by atoms with Crippen molar-refractivity contribution in [3.05, 3.63) is 11.6 Å². The first-order valence-corrected chi connectivity index (χ1v) is 24.3. The number of carbonyl (C=O) groups is 2. The molecule has 5 aliphatic carbocycles. The summed E-state index contributed by atoms with van der Waals surface area (Å²) in [4.78, 5) is 28.8. The van der Waals surface area contributed by atoms with E-state index in [0.717, 1.165) is 5.57 Å². The van der Waals surface area contributed by atoms with Crippen LogP contribution in [-0.2, 0) is 38.0 Å². The lowest BCUT2D eigenvalue weighted by atomic mass is 9.31. The van der Waals surface area contributed by atoms with Crippen LogP contribution >= 0.6 is 0 Å². The minimum absolute atomic E-state index is 0.112. The third-order valence-electron chi connectivity index (χ3n) is 19.5. The summed E-state index contributed by atoms with van der Waals surface area (Å²) in [6, 6.07) is 0. The third kappa shape index (κ3) is 7.53. The molecule has 0 radical (unpaired) electrons. The van der Waals surface area contributed by atoms with Gasteiger partial charge in [-0.25, -0.2) is 0 Å². The molecule has 11 N–H and O–H groups in total. The first kappa shape index (κ1) is 51.4. The lowest BCUT2D eigenvalue weighted by Gasteiger charge is -2.73. The molecule has 3 saturated heterocycles. The van der Waals surface area contributed by atoms with Crippen LogP contribution in [0.15, 0.2) is 11.6 Å². The molecule has 0 bridgehead atoms. The van der Waals surface area contributed by atoms with Gasteiger partial charge in [-0.05, 0) is 106 Å². The van der Waals surface area contributed by atoms with Gasteiger partial charge in [-0.15, -0.1) is 0 Å². The fraction of sp³-hybridized carbons (Fsp3) is 0.917. The fourth-order valence-corrected chi connectivity index (χ4v) is 15.6. The molecule has 0 aromatic rings. The summed E-state index contributed by atoms with van der Waals surface area (Å²) >= 11 is 0. The van der Waals surface area contributed by atoms with Gasteiger partial charge in [0.25, 0.3) is 0 Å². The highest BCUT2D eigenvalue weighted by molar-refractivity contribution is 5.80. The Morgan fingerprint density at radius 2 is 1.37 bits per heavy atom. The molecular formula is C48H76O19. The van der Waals surface area contributed by atoms with Crippen LogP contribution in [0.25, 0.3) is 0 Å². The number of carboxylic acids is 1. The number of aliphatic hydroxyl groups is 10. The van der Waals surface area contributed by atoms with Crippen molar-refractivity contribution in [3.63, 3.8) is 0 Å². The maximum Gasteiger partial charge on any atom is 0.315 e. The summed E-state index contributed by atoms with van der Waals surface area (Å²) in [7, 11) is 0. The maximum atomic E-state index is 15.1. The molecule has 8 aliphatic rings. The third-order valence-corrected chi connectivity index (χ3v) is 19.5. The van der Waals surface area contributed by atoms with Crippen LogP contribution < -0.4 is 0 Å². The number of allylic oxidation sites excluding steroid dienone is 1. The van der Waals surface area contributed by atoms with E-state index in [1.807, 2.05) is 0 Å². The molecule has 0 aromatic heterocycles. The molecule has 67 heavy (non-hydrogen) atoms. The van der Waals surface area contributed by atoms with Crippen molar-refractivity contribution in [1.29, 1.82) is 0 Å². The largest absolute Gasteiger partial charge is 0.481 e. The van der Waals surface area contributed by atoms with Gasteiger partial charge in [-0.2, -0.15) is 0 Å². The fourth-order valence-electron chi connectivity index (χ4n) is 15.6. The quantitative estimate of drug-likeness (QED) is 0.0838. The molecule has 8 rings (SSSR count). The standard InChI is InChI=1S/C48H76O19/c1-22-36(66-37-33(56)29(52)23(51)19-62-37)32(55)35(58)38(63-22)67-41(61)47-15-14-42(2,3)20-45(47,6)27-9-8-25-43(4)12-11-28(65-39-34(57)31(54)30(53)24(18-49)64-39)46(7,40(59)60)26(43)10-13-44(25,5)48(27,21-50)17-16-47/h9,22-26,28-39,49-58H,8,10-21H2,1-7H3,(H,59,60)/t22-,23+,24+,25+,26+,28-,29-,30+,31-,32-,33+,34+,35-,36-,37-,38+,39-,43+,44+,45-,46-,47+,48-/m0/s1. The smallest absolute Gasteiger partial charge is 0.315 e. The summed E-state index contributed by atoms with van der Waals surface area (Å²) in [6.07, 6.45) is -15.0. The van der Waals surface area contributed by atoms with Gasteiger partial charge in [0.2, 0.25) is 6.29 Å². The maximum absolute atomic E-state index is 15.1. The van der Waals surface area contributed by atoms with E-state index < -0.39 is 149 Å². The van der Waals surface area contributed by atoms with Crippen molar-refractivity contribution in [3.8, 4) is 0 Å². The van der Waals surface area contributed by atoms with E-state index in [1.54, 1.807) is 13.8 Å². The molecule has 19 heteroatoms. The van der Waals surface area contributed by atoms with Gasteiger partial charge < -0.3 is 84.6 Å². The van der Waals surface area contributed by atoms with Gasteiger partial charge in [0.05, 0.1) is 42.9 Å². The van der Waals surface area contributed by atoms with Crippen molar-refractivity contribution >= 4 is 11.9 Å². The average Bonchev–Trinajstić information content (AvgIpc) is 3.27. The van der Waals surface area contributed by atoms with Crippen LogP contribution in [0.4, 0.5) is 0 Å². The van der Waals surface area contributed by atoms with Crippen LogP contribution in [0, 0.1) is 49.7 Å². The van der Waals surface area contributed by atoms with Crippen molar-refractivity contribution in [1.82, 2.24) is 0 Å². The van der Waals surface area contributed by atoms with E-state index in [4.69, 9.17) is 28.4 Å². The average molecular weight is 957 g/mol. The van der Waals surface area contributed by atoms with Crippen LogP contribution in [0.1, 0.15) is 113 Å². The highest BCUT2D eigenvalue weighted by Crippen LogP contribution is 2.78. The zero-order valence-electron chi connectivity index (χ0n) is 39.8. The molecule has 0 unspecified atom stereocenters. The Morgan fingerprint density at radius 1 is 0.716 bits per heavy atom. The van der Waals surface area contributed by atoms with Gasteiger partial charge in [0.1, 0.15) is 61.0 Å². The molecule has 3 aliphatic heterocycles. The van der Waals surface area contributed by atoms with Gasteiger partial charge in [0.15, 0.2) is 12.6 Å². The van der Waals surface area contributed by atoms with E-state index in [2.05, 4.69) is 40.7 Å². The Morgan fingerprint density at radius 3 is 2.03 bits per heavy atom. The van der Waals surface area contributed by atoms with E-state index in [0.29, 0.717) is 57.8 Å². The highest BCUT2D eigenvalue weighted by Gasteiger charge is 2.75. The minimum Gasteiger partial charge on any atom is -0.481 e. The van der Waals surface area contributed by atoms with Crippen molar-refractivity contribution < 1.29 is 94.2 Å².